The topological polar surface area (TPSA) is 63.5 Å². The van der Waals surface area contributed by atoms with E-state index in [9.17, 15) is 14.9 Å². The predicted molar refractivity (Wildman–Crippen MR) is 84.5 cm³/mol. The van der Waals surface area contributed by atoms with E-state index in [1.807, 2.05) is 31.2 Å². The second-order valence-electron chi connectivity index (χ2n) is 5.28. The first kappa shape index (κ1) is 14.5. The maximum Gasteiger partial charge on any atom is 0.270 e. The molecule has 0 N–H and O–H groups in total. The van der Waals surface area contributed by atoms with Crippen molar-refractivity contribution in [2.45, 2.75) is 19.4 Å². The minimum Gasteiger partial charge on any atom is -0.305 e. The molecule has 1 aliphatic heterocycles. The molecule has 112 valence electrons. The number of para-hydroxylation sites is 1. The highest BCUT2D eigenvalue weighted by molar-refractivity contribution is 6.34. The van der Waals surface area contributed by atoms with E-state index in [4.69, 9.17) is 11.6 Å². The molecule has 2 aromatic rings. The molecule has 0 aliphatic carbocycles. The van der Waals surface area contributed by atoms with Crippen molar-refractivity contribution in [3.63, 3.8) is 0 Å². The summed E-state index contributed by atoms with van der Waals surface area (Å²) in [4.78, 5) is 24.7. The lowest BCUT2D eigenvalue weighted by atomic mass is 10.1. The number of halogens is 1. The highest BCUT2D eigenvalue weighted by atomic mass is 35.5. The van der Waals surface area contributed by atoms with Gasteiger partial charge in [-0.2, -0.15) is 0 Å². The fourth-order valence-electron chi connectivity index (χ4n) is 2.80. The van der Waals surface area contributed by atoms with Gasteiger partial charge in [-0.05, 0) is 31.0 Å². The van der Waals surface area contributed by atoms with E-state index in [1.165, 1.54) is 18.2 Å². The largest absolute Gasteiger partial charge is 0.305 e. The van der Waals surface area contributed by atoms with Crippen LogP contribution >= 0.6 is 11.6 Å². The summed E-state index contributed by atoms with van der Waals surface area (Å²) in [5, 5.41) is 10.9. The van der Waals surface area contributed by atoms with Crippen LogP contribution in [0.1, 0.15) is 22.8 Å². The monoisotopic (exact) mass is 316 g/mol. The van der Waals surface area contributed by atoms with Crippen LogP contribution in [0.5, 0.6) is 0 Å². The molecular weight excluding hydrogens is 304 g/mol. The molecule has 0 spiro atoms. The molecule has 3 rings (SSSR count). The van der Waals surface area contributed by atoms with E-state index in [1.54, 1.807) is 4.90 Å². The molecule has 1 amide bonds. The van der Waals surface area contributed by atoms with Crippen LogP contribution in [-0.4, -0.2) is 16.9 Å². The normalized spacial score (nSPS) is 16.5. The van der Waals surface area contributed by atoms with Crippen LogP contribution in [-0.2, 0) is 6.42 Å². The first-order chi connectivity index (χ1) is 10.5. The molecule has 0 radical (unpaired) electrons. The number of anilines is 1. The van der Waals surface area contributed by atoms with Crippen molar-refractivity contribution in [2.24, 2.45) is 0 Å². The third-order valence-electron chi connectivity index (χ3n) is 3.82. The number of carbonyl (C=O) groups is 1. The van der Waals surface area contributed by atoms with Crippen LogP contribution in [0.25, 0.3) is 0 Å². The number of fused-ring (bicyclic) bond motifs is 1. The smallest absolute Gasteiger partial charge is 0.270 e. The SMILES string of the molecule is C[C@@H]1Cc2ccccc2N1C(=O)c1ccc([N+](=O)[O-])cc1Cl. The van der Waals surface area contributed by atoms with E-state index < -0.39 is 4.92 Å². The Bertz CT molecular complexity index is 776. The summed E-state index contributed by atoms with van der Waals surface area (Å²) < 4.78 is 0. The van der Waals surface area contributed by atoms with Gasteiger partial charge in [-0.15, -0.1) is 0 Å². The molecule has 0 bridgehead atoms. The number of nitro benzene ring substituents is 1. The van der Waals surface area contributed by atoms with Crippen molar-refractivity contribution >= 4 is 28.9 Å². The maximum atomic E-state index is 12.8. The second kappa shape index (κ2) is 5.42. The fraction of sp³-hybridized carbons (Fsp3) is 0.188. The molecule has 0 unspecified atom stereocenters. The van der Waals surface area contributed by atoms with Gasteiger partial charge < -0.3 is 4.90 Å². The van der Waals surface area contributed by atoms with Gasteiger partial charge >= 0.3 is 0 Å². The average Bonchev–Trinajstić information content (AvgIpc) is 2.82. The number of rotatable bonds is 2. The first-order valence-electron chi connectivity index (χ1n) is 6.84. The number of benzene rings is 2. The minimum absolute atomic E-state index is 0.0242. The van der Waals surface area contributed by atoms with Gasteiger partial charge in [0.25, 0.3) is 11.6 Å². The van der Waals surface area contributed by atoms with Crippen molar-refractivity contribution in [2.75, 3.05) is 4.90 Å². The van der Waals surface area contributed by atoms with Crippen LogP contribution in [0.4, 0.5) is 11.4 Å². The number of hydrogen-bond donors (Lipinski definition) is 0. The summed E-state index contributed by atoms with van der Waals surface area (Å²) in [6.45, 7) is 1.97. The Morgan fingerprint density at radius 2 is 2.05 bits per heavy atom. The van der Waals surface area contributed by atoms with Gasteiger partial charge in [0.2, 0.25) is 0 Å². The fourth-order valence-corrected chi connectivity index (χ4v) is 3.05. The maximum absolute atomic E-state index is 12.8. The van der Waals surface area contributed by atoms with E-state index in [0.717, 1.165) is 17.7 Å². The first-order valence-corrected chi connectivity index (χ1v) is 7.22. The number of nitro groups is 1. The number of amides is 1. The standard InChI is InChI=1S/C16H13ClN2O3/c1-10-8-11-4-2-3-5-15(11)18(10)16(20)13-7-6-12(19(21)22)9-14(13)17/h2-7,9-10H,8H2,1H3/t10-/m1/s1. The quantitative estimate of drug-likeness (QED) is 0.624. The van der Waals surface area contributed by atoms with Gasteiger partial charge in [0.15, 0.2) is 0 Å². The molecule has 0 saturated carbocycles. The molecule has 5 nitrogen and oxygen atoms in total. The molecule has 1 aliphatic rings. The molecule has 0 saturated heterocycles. The van der Waals surface area contributed by atoms with E-state index in [2.05, 4.69) is 0 Å². The molecule has 1 heterocycles. The predicted octanol–water partition coefficient (Wildman–Crippen LogP) is 3.84. The lowest BCUT2D eigenvalue weighted by Crippen LogP contribution is -2.35. The van der Waals surface area contributed by atoms with E-state index >= 15 is 0 Å². The van der Waals surface area contributed by atoms with Crippen molar-refractivity contribution < 1.29 is 9.72 Å². The number of carbonyl (C=O) groups excluding carboxylic acids is 1. The van der Waals surface area contributed by atoms with Gasteiger partial charge in [-0.1, -0.05) is 29.8 Å². The van der Waals surface area contributed by atoms with Gasteiger partial charge in [-0.25, -0.2) is 0 Å². The van der Waals surface area contributed by atoms with Crippen molar-refractivity contribution in [3.8, 4) is 0 Å². The van der Waals surface area contributed by atoms with Crippen molar-refractivity contribution in [1.82, 2.24) is 0 Å². The second-order valence-corrected chi connectivity index (χ2v) is 5.69. The molecular formula is C16H13ClN2O3. The number of hydrogen-bond acceptors (Lipinski definition) is 3. The van der Waals surface area contributed by atoms with E-state index in [-0.39, 0.29) is 28.2 Å². The average molecular weight is 317 g/mol. The van der Waals surface area contributed by atoms with Gasteiger partial charge in [-0.3, -0.25) is 14.9 Å². The van der Waals surface area contributed by atoms with Crippen LogP contribution in [0.2, 0.25) is 5.02 Å². The Kier molecular flexibility index (Phi) is 3.58. The third kappa shape index (κ3) is 2.33. The Hall–Kier alpha value is -2.40. The third-order valence-corrected chi connectivity index (χ3v) is 4.13. The van der Waals surface area contributed by atoms with Crippen molar-refractivity contribution in [1.29, 1.82) is 0 Å². The van der Waals surface area contributed by atoms with Crippen molar-refractivity contribution in [3.05, 3.63) is 68.7 Å². The number of non-ortho nitro benzene ring substituents is 1. The summed E-state index contributed by atoms with van der Waals surface area (Å²) in [6.07, 6.45) is 0.784. The summed E-state index contributed by atoms with van der Waals surface area (Å²) >= 11 is 6.07. The van der Waals surface area contributed by atoms with Crippen LogP contribution in [0, 0.1) is 10.1 Å². The Balaban J connectivity index is 2.00. The Morgan fingerprint density at radius 3 is 2.73 bits per heavy atom. The lowest BCUT2D eigenvalue weighted by molar-refractivity contribution is -0.384. The molecule has 0 aromatic heterocycles. The van der Waals surface area contributed by atoms with Gasteiger partial charge in [0.05, 0.1) is 15.5 Å². The lowest BCUT2D eigenvalue weighted by Gasteiger charge is -2.23. The minimum atomic E-state index is -0.534. The van der Waals surface area contributed by atoms with Crippen LogP contribution in [0.3, 0.4) is 0 Å². The Labute approximate surface area is 132 Å². The van der Waals surface area contributed by atoms with Crippen LogP contribution in [0.15, 0.2) is 42.5 Å². The zero-order valence-corrected chi connectivity index (χ0v) is 12.6. The zero-order valence-electron chi connectivity index (χ0n) is 11.8. The van der Waals surface area contributed by atoms with Gasteiger partial charge in [0, 0.05) is 23.9 Å². The summed E-state index contributed by atoms with van der Waals surface area (Å²) in [5.41, 5.74) is 2.13. The molecule has 2 aromatic carbocycles. The van der Waals surface area contributed by atoms with Crippen LogP contribution < -0.4 is 4.90 Å². The summed E-state index contributed by atoms with van der Waals surface area (Å²) in [6, 6.07) is 11.7. The zero-order chi connectivity index (χ0) is 15.9. The van der Waals surface area contributed by atoms with E-state index in [0.29, 0.717) is 0 Å². The molecule has 6 heteroatoms. The molecule has 22 heavy (non-hydrogen) atoms. The van der Waals surface area contributed by atoms with Gasteiger partial charge in [0.1, 0.15) is 0 Å². The summed E-state index contributed by atoms with van der Waals surface area (Å²) in [7, 11) is 0. The molecule has 1 atom stereocenters. The Morgan fingerprint density at radius 1 is 1.32 bits per heavy atom. The molecule has 0 fully saturated rings. The number of nitrogens with zero attached hydrogens (tertiary/aromatic N) is 2. The summed E-state index contributed by atoms with van der Waals surface area (Å²) in [5.74, 6) is -0.239. The highest BCUT2D eigenvalue weighted by Gasteiger charge is 2.32. The highest BCUT2D eigenvalue weighted by Crippen LogP contribution is 2.34.